The molecule has 0 saturated carbocycles. The van der Waals surface area contributed by atoms with Crippen LogP contribution >= 0.6 is 0 Å². The Morgan fingerprint density at radius 1 is 1.35 bits per heavy atom. The summed E-state index contributed by atoms with van der Waals surface area (Å²) in [6, 6.07) is 6.56. The van der Waals surface area contributed by atoms with E-state index in [0.717, 1.165) is 0 Å². The third kappa shape index (κ3) is 4.04. The fourth-order valence-corrected chi connectivity index (χ4v) is 1.55. The number of carbonyl (C=O) groups excluding carboxylic acids is 2. The predicted octanol–water partition coefficient (Wildman–Crippen LogP) is 0.427. The first kappa shape index (κ1) is 16.1. The van der Waals surface area contributed by atoms with Gasteiger partial charge in [0.1, 0.15) is 0 Å². The minimum Gasteiger partial charge on any atom is -0.394 e. The highest BCUT2D eigenvalue weighted by atomic mass is 16.3. The summed E-state index contributed by atoms with van der Waals surface area (Å²) >= 11 is 0. The van der Waals surface area contributed by atoms with Crippen LogP contribution in [-0.2, 0) is 4.79 Å². The molecule has 0 aromatic heterocycles. The Hall–Kier alpha value is -1.92. The van der Waals surface area contributed by atoms with Crippen molar-refractivity contribution < 1.29 is 14.7 Å². The van der Waals surface area contributed by atoms with Crippen molar-refractivity contribution in [2.75, 3.05) is 25.5 Å². The molecule has 4 N–H and O–H groups in total. The molecule has 0 saturated heterocycles. The maximum atomic E-state index is 12.0. The van der Waals surface area contributed by atoms with Gasteiger partial charge in [-0.1, -0.05) is 12.1 Å². The van der Waals surface area contributed by atoms with Crippen molar-refractivity contribution in [3.05, 3.63) is 29.8 Å². The fraction of sp³-hybridized carbons (Fsp3) is 0.429. The molecule has 0 radical (unpaired) electrons. The van der Waals surface area contributed by atoms with Crippen molar-refractivity contribution in [1.82, 2.24) is 4.90 Å². The Labute approximate surface area is 118 Å². The van der Waals surface area contributed by atoms with Crippen LogP contribution in [0, 0.1) is 0 Å². The molecule has 6 nitrogen and oxygen atoms in total. The first-order valence-electron chi connectivity index (χ1n) is 6.28. The van der Waals surface area contributed by atoms with Crippen molar-refractivity contribution in [2.24, 2.45) is 5.73 Å². The van der Waals surface area contributed by atoms with E-state index in [9.17, 15) is 14.7 Å². The standard InChI is InChI=1S/C14H21N3O3/c1-14(2,9-18)17(3)8-12(19)16-11-7-5-4-6-10(11)13(15)20/h4-7,18H,8-9H2,1-3H3,(H2,15,20)(H,16,19). The van der Waals surface area contributed by atoms with Crippen LogP contribution in [0.25, 0.3) is 0 Å². The Bertz CT molecular complexity index is 500. The number of benzene rings is 1. The summed E-state index contributed by atoms with van der Waals surface area (Å²) in [6.07, 6.45) is 0. The SMILES string of the molecule is CN(CC(=O)Nc1ccccc1C(N)=O)C(C)(C)CO. The molecule has 0 unspecified atom stereocenters. The number of hydrogen-bond donors (Lipinski definition) is 3. The summed E-state index contributed by atoms with van der Waals surface area (Å²) in [5.41, 5.74) is 5.41. The second kappa shape index (κ2) is 6.49. The number of primary amides is 1. The van der Waals surface area contributed by atoms with Crippen molar-refractivity contribution in [1.29, 1.82) is 0 Å². The average Bonchev–Trinajstić information content (AvgIpc) is 2.38. The molecular weight excluding hydrogens is 258 g/mol. The van der Waals surface area contributed by atoms with Crippen LogP contribution in [0.3, 0.4) is 0 Å². The molecule has 0 spiro atoms. The molecule has 0 heterocycles. The van der Waals surface area contributed by atoms with Gasteiger partial charge in [-0.25, -0.2) is 0 Å². The maximum Gasteiger partial charge on any atom is 0.250 e. The van der Waals surface area contributed by atoms with Gasteiger partial charge in [-0.3, -0.25) is 14.5 Å². The van der Waals surface area contributed by atoms with Crippen LogP contribution in [0.5, 0.6) is 0 Å². The lowest BCUT2D eigenvalue weighted by atomic mass is 10.1. The van der Waals surface area contributed by atoms with Gasteiger partial charge in [-0.2, -0.15) is 0 Å². The third-order valence-corrected chi connectivity index (χ3v) is 3.27. The van der Waals surface area contributed by atoms with E-state index in [1.165, 1.54) is 0 Å². The number of likely N-dealkylation sites (N-methyl/N-ethyl adjacent to an activating group) is 1. The second-order valence-electron chi connectivity index (χ2n) is 5.28. The Morgan fingerprint density at radius 2 is 1.95 bits per heavy atom. The number of amides is 2. The first-order valence-corrected chi connectivity index (χ1v) is 6.28. The van der Waals surface area contributed by atoms with E-state index < -0.39 is 11.4 Å². The van der Waals surface area contributed by atoms with E-state index >= 15 is 0 Å². The maximum absolute atomic E-state index is 12.0. The molecule has 0 bridgehead atoms. The number of nitrogens with two attached hydrogens (primary N) is 1. The highest BCUT2D eigenvalue weighted by Gasteiger charge is 2.24. The van der Waals surface area contributed by atoms with Crippen molar-refractivity contribution in [3.8, 4) is 0 Å². The molecule has 0 atom stereocenters. The molecule has 1 aromatic rings. The summed E-state index contributed by atoms with van der Waals surface area (Å²) in [6.45, 7) is 3.70. The number of para-hydroxylation sites is 1. The number of nitrogens with one attached hydrogen (secondary N) is 1. The van der Waals surface area contributed by atoms with Gasteiger partial charge in [-0.05, 0) is 33.0 Å². The summed E-state index contributed by atoms with van der Waals surface area (Å²) < 4.78 is 0. The van der Waals surface area contributed by atoms with Gasteiger partial charge in [0, 0.05) is 5.54 Å². The average molecular weight is 279 g/mol. The number of rotatable bonds is 6. The van der Waals surface area contributed by atoms with E-state index in [2.05, 4.69) is 5.32 Å². The Kier molecular flexibility index (Phi) is 5.24. The molecule has 1 rings (SSSR count). The minimum absolute atomic E-state index is 0.0609. The van der Waals surface area contributed by atoms with Crippen LogP contribution in [0.1, 0.15) is 24.2 Å². The molecule has 6 heteroatoms. The number of aliphatic hydroxyl groups excluding tert-OH is 1. The number of aliphatic hydroxyl groups is 1. The molecule has 0 aliphatic carbocycles. The van der Waals surface area contributed by atoms with Gasteiger partial charge in [0.05, 0.1) is 24.4 Å². The molecule has 0 aliphatic rings. The first-order chi connectivity index (χ1) is 9.27. The van der Waals surface area contributed by atoms with Gasteiger partial charge in [0.15, 0.2) is 0 Å². The summed E-state index contributed by atoms with van der Waals surface area (Å²) in [7, 11) is 1.75. The second-order valence-corrected chi connectivity index (χ2v) is 5.28. The van der Waals surface area contributed by atoms with Crippen molar-refractivity contribution in [2.45, 2.75) is 19.4 Å². The molecular formula is C14H21N3O3. The Balaban J connectivity index is 2.75. The van der Waals surface area contributed by atoms with Gasteiger partial charge in [0.25, 0.3) is 5.91 Å². The zero-order chi connectivity index (χ0) is 15.3. The van der Waals surface area contributed by atoms with Crippen LogP contribution in [0.4, 0.5) is 5.69 Å². The van der Waals surface area contributed by atoms with Crippen molar-refractivity contribution in [3.63, 3.8) is 0 Å². The lowest BCUT2D eigenvalue weighted by Gasteiger charge is -2.33. The lowest BCUT2D eigenvalue weighted by Crippen LogP contribution is -2.47. The van der Waals surface area contributed by atoms with Crippen molar-refractivity contribution >= 4 is 17.5 Å². The molecule has 0 aliphatic heterocycles. The predicted molar refractivity (Wildman–Crippen MR) is 77.4 cm³/mol. The number of nitrogens with zero attached hydrogens (tertiary/aromatic N) is 1. The third-order valence-electron chi connectivity index (χ3n) is 3.27. The van der Waals surface area contributed by atoms with E-state index in [-0.39, 0.29) is 24.6 Å². The highest BCUT2D eigenvalue weighted by molar-refractivity contribution is 6.03. The van der Waals surface area contributed by atoms with E-state index in [1.807, 2.05) is 13.8 Å². The highest BCUT2D eigenvalue weighted by Crippen LogP contribution is 2.15. The fourth-order valence-electron chi connectivity index (χ4n) is 1.55. The van der Waals surface area contributed by atoms with Gasteiger partial charge < -0.3 is 16.2 Å². The number of hydrogen-bond acceptors (Lipinski definition) is 4. The monoisotopic (exact) mass is 279 g/mol. The Morgan fingerprint density at radius 3 is 2.50 bits per heavy atom. The summed E-state index contributed by atoms with van der Waals surface area (Å²) in [4.78, 5) is 25.0. The molecule has 0 fully saturated rings. The normalized spacial score (nSPS) is 11.4. The van der Waals surface area contributed by atoms with E-state index in [0.29, 0.717) is 5.69 Å². The molecule has 110 valence electrons. The van der Waals surface area contributed by atoms with Crippen LogP contribution in [-0.4, -0.2) is 47.6 Å². The summed E-state index contributed by atoms with van der Waals surface area (Å²) in [5.74, 6) is -0.868. The summed E-state index contributed by atoms with van der Waals surface area (Å²) in [5, 5.41) is 11.9. The molecule has 2 amide bonds. The van der Waals surface area contributed by atoms with Crippen LogP contribution < -0.4 is 11.1 Å². The zero-order valence-electron chi connectivity index (χ0n) is 12.0. The minimum atomic E-state index is -0.593. The largest absolute Gasteiger partial charge is 0.394 e. The van der Waals surface area contributed by atoms with E-state index in [4.69, 9.17) is 5.73 Å². The number of carbonyl (C=O) groups is 2. The number of anilines is 1. The van der Waals surface area contributed by atoms with Gasteiger partial charge in [-0.15, -0.1) is 0 Å². The zero-order valence-corrected chi connectivity index (χ0v) is 12.0. The lowest BCUT2D eigenvalue weighted by molar-refractivity contribution is -0.118. The van der Waals surface area contributed by atoms with Gasteiger partial charge in [0.2, 0.25) is 5.91 Å². The molecule has 1 aromatic carbocycles. The smallest absolute Gasteiger partial charge is 0.250 e. The quantitative estimate of drug-likeness (QED) is 0.703. The van der Waals surface area contributed by atoms with E-state index in [1.54, 1.807) is 36.2 Å². The topological polar surface area (TPSA) is 95.7 Å². The van der Waals surface area contributed by atoms with Crippen LogP contribution in [0.15, 0.2) is 24.3 Å². The van der Waals surface area contributed by atoms with Crippen LogP contribution in [0.2, 0.25) is 0 Å². The molecule has 20 heavy (non-hydrogen) atoms. The van der Waals surface area contributed by atoms with Gasteiger partial charge >= 0.3 is 0 Å².